The Hall–Kier alpha value is -2.89. The van der Waals surface area contributed by atoms with Gasteiger partial charge in [0.05, 0.1) is 6.54 Å². The Balaban J connectivity index is 1.79. The highest BCUT2D eigenvalue weighted by Gasteiger charge is 2.05. The number of nitrogens with zero attached hydrogens (tertiary/aromatic N) is 1. The minimum atomic E-state index is -0.341. The van der Waals surface area contributed by atoms with Gasteiger partial charge in [-0.05, 0) is 42.3 Å². The fraction of sp³-hybridized carbons (Fsp3) is 0.222. The van der Waals surface area contributed by atoms with Crippen LogP contribution >= 0.6 is 0 Å². The third-order valence-corrected chi connectivity index (χ3v) is 3.48. The zero-order chi connectivity index (χ0) is 17.4. The first kappa shape index (κ1) is 17.5. The summed E-state index contributed by atoms with van der Waals surface area (Å²) in [5.74, 6) is -0.0418. The van der Waals surface area contributed by atoms with E-state index in [1.165, 1.54) is 29.8 Å². The summed E-state index contributed by atoms with van der Waals surface area (Å²) in [6.07, 6.45) is 0. The van der Waals surface area contributed by atoms with Gasteiger partial charge in [-0.3, -0.25) is 9.79 Å². The lowest BCUT2D eigenvalue weighted by Gasteiger charge is -2.13. The Morgan fingerprint density at radius 3 is 2.46 bits per heavy atom. The molecule has 0 bridgehead atoms. The Bertz CT molecular complexity index is 713. The average molecular weight is 328 g/mol. The number of benzene rings is 2. The van der Waals surface area contributed by atoms with Crippen LogP contribution in [0.2, 0.25) is 0 Å². The van der Waals surface area contributed by atoms with Gasteiger partial charge < -0.3 is 16.0 Å². The number of guanidine groups is 1. The number of aryl methyl sites for hydroxylation is 1. The van der Waals surface area contributed by atoms with E-state index in [-0.39, 0.29) is 18.3 Å². The van der Waals surface area contributed by atoms with Crippen molar-refractivity contribution in [3.05, 3.63) is 65.5 Å². The molecular weight excluding hydrogens is 307 g/mol. The molecule has 2 rings (SSSR count). The Kier molecular flexibility index (Phi) is 6.31. The number of nitrogens with one attached hydrogen (secondary N) is 3. The molecular formula is C18H21FN4O. The summed E-state index contributed by atoms with van der Waals surface area (Å²) in [7, 11) is 1.64. The van der Waals surface area contributed by atoms with Gasteiger partial charge >= 0.3 is 0 Å². The van der Waals surface area contributed by atoms with Crippen molar-refractivity contribution in [1.82, 2.24) is 10.6 Å². The average Bonchev–Trinajstić information content (AvgIpc) is 2.58. The summed E-state index contributed by atoms with van der Waals surface area (Å²) in [5.41, 5.74) is 2.90. The highest BCUT2D eigenvalue weighted by molar-refractivity contribution is 5.94. The summed E-state index contributed by atoms with van der Waals surface area (Å²) >= 11 is 0. The molecule has 126 valence electrons. The Morgan fingerprint density at radius 1 is 1.08 bits per heavy atom. The third-order valence-electron chi connectivity index (χ3n) is 3.48. The van der Waals surface area contributed by atoms with Gasteiger partial charge in [-0.2, -0.15) is 0 Å². The number of halogens is 1. The molecule has 0 saturated heterocycles. The number of aliphatic imine (C=N–C) groups is 1. The highest BCUT2D eigenvalue weighted by atomic mass is 19.1. The standard InChI is InChI=1S/C18H21FN4O/c1-13-5-3-4-6-14(13)11-21-18(20-2)22-12-17(24)23-16-9-7-15(19)8-10-16/h3-10H,11-12H2,1-2H3,(H,23,24)(H2,20,21,22). The van der Waals surface area contributed by atoms with Crippen molar-refractivity contribution in [1.29, 1.82) is 0 Å². The van der Waals surface area contributed by atoms with Crippen LogP contribution in [-0.2, 0) is 11.3 Å². The van der Waals surface area contributed by atoms with Crippen molar-refractivity contribution < 1.29 is 9.18 Å². The van der Waals surface area contributed by atoms with E-state index in [1.807, 2.05) is 31.2 Å². The molecule has 0 radical (unpaired) electrons. The molecule has 0 aliphatic carbocycles. The minimum Gasteiger partial charge on any atom is -0.352 e. The molecule has 0 saturated carbocycles. The maximum atomic E-state index is 12.8. The summed E-state index contributed by atoms with van der Waals surface area (Å²) in [4.78, 5) is 16.0. The van der Waals surface area contributed by atoms with E-state index in [9.17, 15) is 9.18 Å². The van der Waals surface area contributed by atoms with Crippen molar-refractivity contribution in [2.75, 3.05) is 18.9 Å². The lowest BCUT2D eigenvalue weighted by molar-refractivity contribution is -0.115. The molecule has 24 heavy (non-hydrogen) atoms. The zero-order valence-electron chi connectivity index (χ0n) is 13.8. The molecule has 0 aliphatic rings. The van der Waals surface area contributed by atoms with E-state index >= 15 is 0 Å². The molecule has 2 aromatic carbocycles. The van der Waals surface area contributed by atoms with Crippen LogP contribution in [0, 0.1) is 12.7 Å². The van der Waals surface area contributed by atoms with Crippen molar-refractivity contribution in [2.45, 2.75) is 13.5 Å². The third kappa shape index (κ3) is 5.39. The quantitative estimate of drug-likeness (QED) is 0.583. The second kappa shape index (κ2) is 8.67. The van der Waals surface area contributed by atoms with Crippen molar-refractivity contribution in [3.8, 4) is 0 Å². The van der Waals surface area contributed by atoms with Crippen LogP contribution < -0.4 is 16.0 Å². The molecule has 5 nitrogen and oxygen atoms in total. The van der Waals surface area contributed by atoms with Gasteiger partial charge in [-0.25, -0.2) is 4.39 Å². The minimum absolute atomic E-state index is 0.0603. The highest BCUT2D eigenvalue weighted by Crippen LogP contribution is 2.08. The van der Waals surface area contributed by atoms with E-state index < -0.39 is 0 Å². The van der Waals surface area contributed by atoms with Crippen LogP contribution in [0.25, 0.3) is 0 Å². The molecule has 2 aromatic rings. The zero-order valence-corrected chi connectivity index (χ0v) is 13.8. The molecule has 6 heteroatoms. The number of carbonyl (C=O) groups is 1. The van der Waals surface area contributed by atoms with Gasteiger partial charge in [0.25, 0.3) is 0 Å². The molecule has 0 heterocycles. The first-order valence-electron chi connectivity index (χ1n) is 7.63. The largest absolute Gasteiger partial charge is 0.352 e. The summed E-state index contributed by atoms with van der Waals surface area (Å²) in [6, 6.07) is 13.7. The fourth-order valence-corrected chi connectivity index (χ4v) is 2.11. The second-order valence-corrected chi connectivity index (χ2v) is 5.26. The number of anilines is 1. The van der Waals surface area contributed by atoms with Crippen LogP contribution in [0.5, 0.6) is 0 Å². The summed E-state index contributed by atoms with van der Waals surface area (Å²) in [6.45, 7) is 2.72. The van der Waals surface area contributed by atoms with Crippen LogP contribution in [0.1, 0.15) is 11.1 Å². The van der Waals surface area contributed by atoms with Gasteiger partial charge in [-0.15, -0.1) is 0 Å². The van der Waals surface area contributed by atoms with Gasteiger partial charge in [0.2, 0.25) is 5.91 Å². The smallest absolute Gasteiger partial charge is 0.243 e. The lowest BCUT2D eigenvalue weighted by Crippen LogP contribution is -2.41. The number of amides is 1. The Labute approximate surface area is 141 Å². The fourth-order valence-electron chi connectivity index (χ4n) is 2.11. The van der Waals surface area contributed by atoms with Gasteiger partial charge in [-0.1, -0.05) is 24.3 Å². The molecule has 3 N–H and O–H groups in total. The van der Waals surface area contributed by atoms with Crippen molar-refractivity contribution >= 4 is 17.6 Å². The van der Waals surface area contributed by atoms with Gasteiger partial charge in [0.1, 0.15) is 5.82 Å². The predicted molar refractivity (Wildman–Crippen MR) is 94.4 cm³/mol. The lowest BCUT2D eigenvalue weighted by atomic mass is 10.1. The maximum absolute atomic E-state index is 12.8. The van der Waals surface area contributed by atoms with E-state index in [2.05, 4.69) is 20.9 Å². The van der Waals surface area contributed by atoms with Crippen LogP contribution in [-0.4, -0.2) is 25.5 Å². The second-order valence-electron chi connectivity index (χ2n) is 5.26. The topological polar surface area (TPSA) is 65.5 Å². The Morgan fingerprint density at radius 2 is 1.79 bits per heavy atom. The molecule has 0 atom stereocenters. The molecule has 1 amide bonds. The number of rotatable bonds is 5. The van der Waals surface area contributed by atoms with Gasteiger partial charge in [0.15, 0.2) is 5.96 Å². The monoisotopic (exact) mass is 328 g/mol. The van der Waals surface area contributed by atoms with E-state index in [1.54, 1.807) is 7.05 Å². The van der Waals surface area contributed by atoms with E-state index in [0.29, 0.717) is 18.2 Å². The predicted octanol–water partition coefficient (Wildman–Crippen LogP) is 2.44. The molecule has 0 unspecified atom stereocenters. The molecule has 0 aromatic heterocycles. The van der Waals surface area contributed by atoms with Crippen LogP contribution in [0.3, 0.4) is 0 Å². The first-order chi connectivity index (χ1) is 11.6. The maximum Gasteiger partial charge on any atom is 0.243 e. The molecule has 0 spiro atoms. The SMILES string of the molecule is CN=C(NCC(=O)Nc1ccc(F)cc1)NCc1ccccc1C. The van der Waals surface area contributed by atoms with Gasteiger partial charge in [0, 0.05) is 19.3 Å². The number of hydrogen-bond acceptors (Lipinski definition) is 2. The van der Waals surface area contributed by atoms with E-state index in [4.69, 9.17) is 0 Å². The number of carbonyl (C=O) groups excluding carboxylic acids is 1. The van der Waals surface area contributed by atoms with E-state index in [0.717, 1.165) is 5.56 Å². The van der Waals surface area contributed by atoms with Crippen molar-refractivity contribution in [3.63, 3.8) is 0 Å². The normalized spacial score (nSPS) is 11.0. The summed E-state index contributed by atoms with van der Waals surface area (Å²) < 4.78 is 12.8. The number of hydrogen-bond donors (Lipinski definition) is 3. The molecule has 0 fully saturated rings. The summed E-state index contributed by atoms with van der Waals surface area (Å²) in [5, 5.41) is 8.79. The van der Waals surface area contributed by atoms with Crippen LogP contribution in [0.15, 0.2) is 53.5 Å². The first-order valence-corrected chi connectivity index (χ1v) is 7.63. The molecule has 0 aliphatic heterocycles. The van der Waals surface area contributed by atoms with Crippen LogP contribution in [0.4, 0.5) is 10.1 Å². The van der Waals surface area contributed by atoms with Crippen molar-refractivity contribution in [2.24, 2.45) is 4.99 Å².